The molecule has 1 aromatic rings. The summed E-state index contributed by atoms with van der Waals surface area (Å²) in [6.45, 7) is 4.60. The van der Waals surface area contributed by atoms with Crippen molar-refractivity contribution in [3.05, 3.63) is 33.8 Å². The summed E-state index contributed by atoms with van der Waals surface area (Å²) >= 11 is 12.4. The summed E-state index contributed by atoms with van der Waals surface area (Å²) in [6, 6.07) is 6.73. The molecule has 0 bridgehead atoms. The van der Waals surface area contributed by atoms with E-state index in [1.165, 1.54) is 44.1 Å². The largest absolute Gasteiger partial charge is 0.316 e. The Kier molecular flexibility index (Phi) is 5.99. The molecule has 1 nitrogen and oxygen atoms in total. The van der Waals surface area contributed by atoms with E-state index in [1.807, 2.05) is 6.07 Å². The highest BCUT2D eigenvalue weighted by Gasteiger charge is 2.40. The average Bonchev–Trinajstić information content (AvgIpc) is 2.48. The quantitative estimate of drug-likeness (QED) is 0.717. The second kappa shape index (κ2) is 7.35. The Morgan fingerprint density at radius 3 is 2.29 bits per heavy atom. The first-order chi connectivity index (χ1) is 9.99. The van der Waals surface area contributed by atoms with Gasteiger partial charge in [-0.3, -0.25) is 0 Å². The number of rotatable bonds is 5. The van der Waals surface area contributed by atoms with Gasteiger partial charge in [0.2, 0.25) is 0 Å². The number of halogens is 2. The van der Waals surface area contributed by atoms with Crippen molar-refractivity contribution >= 4 is 23.2 Å². The number of benzene rings is 1. The molecule has 0 spiro atoms. The fourth-order valence-corrected chi connectivity index (χ4v) is 4.22. The fourth-order valence-electron chi connectivity index (χ4n) is 3.92. The van der Waals surface area contributed by atoms with Gasteiger partial charge in [0.15, 0.2) is 0 Å². The Hall–Kier alpha value is -0.240. The number of hydrogen-bond acceptors (Lipinski definition) is 1. The van der Waals surface area contributed by atoms with E-state index >= 15 is 0 Å². The van der Waals surface area contributed by atoms with Crippen molar-refractivity contribution in [1.82, 2.24) is 5.32 Å². The Morgan fingerprint density at radius 2 is 1.76 bits per heavy atom. The van der Waals surface area contributed by atoms with Gasteiger partial charge < -0.3 is 5.32 Å². The maximum absolute atomic E-state index is 6.30. The second-order valence-electron chi connectivity index (χ2n) is 6.82. The van der Waals surface area contributed by atoms with Crippen LogP contribution in [0.1, 0.15) is 57.9 Å². The van der Waals surface area contributed by atoms with Crippen LogP contribution in [0, 0.1) is 5.92 Å². The summed E-state index contributed by atoms with van der Waals surface area (Å²) in [5, 5.41) is 4.93. The third-order valence-corrected chi connectivity index (χ3v) is 5.70. The lowest BCUT2D eigenvalue weighted by Crippen LogP contribution is -2.49. The molecule has 1 saturated carbocycles. The van der Waals surface area contributed by atoms with Crippen molar-refractivity contribution in [2.45, 2.75) is 63.8 Å². The molecule has 1 fully saturated rings. The fraction of sp³-hybridized carbons (Fsp3) is 0.667. The van der Waals surface area contributed by atoms with E-state index in [1.54, 1.807) is 0 Å². The van der Waals surface area contributed by atoms with Crippen LogP contribution in [0.2, 0.25) is 10.0 Å². The van der Waals surface area contributed by atoms with Crippen molar-refractivity contribution in [1.29, 1.82) is 0 Å². The molecule has 118 valence electrons. The van der Waals surface area contributed by atoms with E-state index in [4.69, 9.17) is 23.2 Å². The molecule has 0 amide bonds. The van der Waals surface area contributed by atoms with Crippen LogP contribution in [0.5, 0.6) is 0 Å². The summed E-state index contributed by atoms with van der Waals surface area (Å²) in [5.41, 5.74) is 1.56. The molecule has 0 saturated heterocycles. The van der Waals surface area contributed by atoms with E-state index in [-0.39, 0.29) is 5.41 Å². The first kappa shape index (κ1) is 17.1. The molecule has 3 heteroatoms. The lowest BCUT2D eigenvalue weighted by molar-refractivity contribution is 0.198. The minimum atomic E-state index is 0.200. The monoisotopic (exact) mass is 327 g/mol. The van der Waals surface area contributed by atoms with Crippen LogP contribution in [0.15, 0.2) is 18.2 Å². The third kappa shape index (κ3) is 3.75. The first-order valence-corrected chi connectivity index (χ1v) is 8.88. The summed E-state index contributed by atoms with van der Waals surface area (Å²) in [6.07, 6.45) is 7.62. The van der Waals surface area contributed by atoms with Crippen molar-refractivity contribution in [2.75, 3.05) is 7.05 Å². The van der Waals surface area contributed by atoms with Gasteiger partial charge >= 0.3 is 0 Å². The summed E-state index contributed by atoms with van der Waals surface area (Å²) < 4.78 is 0. The number of nitrogens with one attached hydrogen (secondary N) is 1. The maximum atomic E-state index is 6.30. The Labute approximate surface area is 139 Å². The zero-order valence-electron chi connectivity index (χ0n) is 13.4. The zero-order chi connectivity index (χ0) is 15.5. The molecule has 2 rings (SSSR count). The average molecular weight is 328 g/mol. The Balaban J connectivity index is 2.42. The zero-order valence-corrected chi connectivity index (χ0v) is 14.9. The van der Waals surface area contributed by atoms with Gasteiger partial charge in [0, 0.05) is 11.5 Å². The lowest BCUT2D eigenvalue weighted by Gasteiger charge is -2.45. The molecule has 1 unspecified atom stereocenters. The topological polar surface area (TPSA) is 12.0 Å². The third-order valence-electron chi connectivity index (χ3n) is 4.96. The van der Waals surface area contributed by atoms with Crippen LogP contribution in [0.3, 0.4) is 0 Å². The molecule has 0 radical (unpaired) electrons. The minimum Gasteiger partial charge on any atom is -0.316 e. The van der Waals surface area contributed by atoms with Crippen LogP contribution in [-0.4, -0.2) is 13.1 Å². The van der Waals surface area contributed by atoms with Crippen LogP contribution < -0.4 is 5.32 Å². The molecule has 0 heterocycles. The van der Waals surface area contributed by atoms with Gasteiger partial charge in [-0.25, -0.2) is 0 Å². The van der Waals surface area contributed by atoms with Crippen LogP contribution in [-0.2, 0) is 5.41 Å². The molecule has 1 atom stereocenters. The standard InChI is InChI=1S/C18H27Cl2N/c1-13(2)11-17(21-3)18(9-5-4-6-10-18)14-7-8-15(19)16(20)12-14/h7-8,12-13,17,21H,4-6,9-11H2,1-3H3. The molecular weight excluding hydrogens is 301 g/mol. The number of likely N-dealkylation sites (N-methyl/N-ethyl adjacent to an activating group) is 1. The molecule has 1 aliphatic carbocycles. The SMILES string of the molecule is CNC(CC(C)C)C1(c2ccc(Cl)c(Cl)c2)CCCCC1. The van der Waals surface area contributed by atoms with Crippen molar-refractivity contribution < 1.29 is 0 Å². The number of hydrogen-bond donors (Lipinski definition) is 1. The van der Waals surface area contributed by atoms with E-state index in [0.717, 1.165) is 0 Å². The van der Waals surface area contributed by atoms with Crippen LogP contribution in [0.25, 0.3) is 0 Å². The van der Waals surface area contributed by atoms with E-state index < -0.39 is 0 Å². The molecule has 1 aliphatic rings. The Bertz CT molecular complexity index is 464. The molecule has 0 aliphatic heterocycles. The highest BCUT2D eigenvalue weighted by atomic mass is 35.5. The van der Waals surface area contributed by atoms with Gasteiger partial charge in [-0.05, 0) is 49.9 Å². The summed E-state index contributed by atoms with van der Waals surface area (Å²) in [4.78, 5) is 0. The summed E-state index contributed by atoms with van der Waals surface area (Å²) in [5.74, 6) is 0.684. The summed E-state index contributed by atoms with van der Waals surface area (Å²) in [7, 11) is 2.10. The highest BCUT2D eigenvalue weighted by molar-refractivity contribution is 6.42. The normalized spacial score (nSPS) is 19.7. The highest BCUT2D eigenvalue weighted by Crippen LogP contribution is 2.45. The van der Waals surface area contributed by atoms with E-state index in [9.17, 15) is 0 Å². The Morgan fingerprint density at radius 1 is 1.10 bits per heavy atom. The van der Waals surface area contributed by atoms with Gasteiger partial charge in [-0.1, -0.05) is 62.4 Å². The van der Waals surface area contributed by atoms with Crippen molar-refractivity contribution in [2.24, 2.45) is 5.92 Å². The van der Waals surface area contributed by atoms with Crippen LogP contribution >= 0.6 is 23.2 Å². The van der Waals surface area contributed by atoms with Gasteiger partial charge in [-0.2, -0.15) is 0 Å². The predicted molar refractivity (Wildman–Crippen MR) is 93.5 cm³/mol. The minimum absolute atomic E-state index is 0.200. The molecule has 1 N–H and O–H groups in total. The molecular formula is C18H27Cl2N. The first-order valence-electron chi connectivity index (χ1n) is 8.12. The lowest BCUT2D eigenvalue weighted by atomic mass is 9.63. The molecule has 0 aromatic heterocycles. The maximum Gasteiger partial charge on any atom is 0.0595 e. The van der Waals surface area contributed by atoms with Crippen molar-refractivity contribution in [3.8, 4) is 0 Å². The second-order valence-corrected chi connectivity index (χ2v) is 7.63. The van der Waals surface area contributed by atoms with E-state index in [2.05, 4.69) is 38.3 Å². The van der Waals surface area contributed by atoms with Crippen LogP contribution in [0.4, 0.5) is 0 Å². The van der Waals surface area contributed by atoms with Gasteiger partial charge in [-0.15, -0.1) is 0 Å². The van der Waals surface area contributed by atoms with Gasteiger partial charge in [0.05, 0.1) is 10.0 Å². The van der Waals surface area contributed by atoms with Gasteiger partial charge in [0.1, 0.15) is 0 Å². The smallest absolute Gasteiger partial charge is 0.0595 e. The van der Waals surface area contributed by atoms with Gasteiger partial charge in [0.25, 0.3) is 0 Å². The van der Waals surface area contributed by atoms with E-state index in [0.29, 0.717) is 22.0 Å². The predicted octanol–water partition coefficient (Wildman–Crippen LogP) is 5.83. The molecule has 21 heavy (non-hydrogen) atoms. The van der Waals surface area contributed by atoms with Crippen molar-refractivity contribution in [3.63, 3.8) is 0 Å². The molecule has 1 aromatic carbocycles.